The monoisotopic (exact) mass is 209 g/mol. The van der Waals surface area contributed by atoms with Crippen LogP contribution in [0.3, 0.4) is 0 Å². The highest BCUT2D eigenvalue weighted by atomic mass is 32.2. The van der Waals surface area contributed by atoms with Crippen LogP contribution in [0, 0.1) is 6.92 Å². The van der Waals surface area contributed by atoms with Crippen molar-refractivity contribution in [3.63, 3.8) is 0 Å². The number of hydrogen-bond donors (Lipinski definition) is 2. The lowest BCUT2D eigenvalue weighted by Crippen LogP contribution is -2.22. The zero-order valence-electron chi connectivity index (χ0n) is 8.45. The highest BCUT2D eigenvalue weighted by Gasteiger charge is 2.00. The van der Waals surface area contributed by atoms with E-state index < -0.39 is 0 Å². The Bertz CT molecular complexity index is 343. The first-order chi connectivity index (χ1) is 6.63. The van der Waals surface area contributed by atoms with Crippen LogP contribution in [0.25, 0.3) is 0 Å². The third-order valence-corrected chi connectivity index (χ3v) is 2.69. The van der Waals surface area contributed by atoms with Gasteiger partial charge in [-0.2, -0.15) is 0 Å². The molecule has 0 aliphatic rings. The maximum absolute atomic E-state index is 5.28. The summed E-state index contributed by atoms with van der Waals surface area (Å²) < 4.78 is 0. The molecule has 4 heteroatoms. The third-order valence-electron chi connectivity index (χ3n) is 1.87. The second-order valence-electron chi connectivity index (χ2n) is 3.06. The molecule has 0 aliphatic carbocycles. The number of rotatable bonds is 3. The normalized spacial score (nSPS) is 9.86. The Morgan fingerprint density at radius 3 is 2.71 bits per heavy atom. The van der Waals surface area contributed by atoms with Gasteiger partial charge in [0, 0.05) is 4.90 Å². The van der Waals surface area contributed by atoms with Crippen LogP contribution < -0.4 is 11.5 Å². The van der Waals surface area contributed by atoms with Crippen LogP contribution in [0.5, 0.6) is 0 Å². The van der Waals surface area contributed by atoms with Crippen LogP contribution in [0.15, 0.2) is 28.1 Å². The standard InChI is InChI=1S/C10H15N3S/c1-7-3-4-8(6-13-10(11)12)9(5-7)14-2/h3-5H,6H2,1-2H3,(H4,11,12,13). The molecule has 0 radical (unpaired) electrons. The number of thioether (sulfide) groups is 1. The Morgan fingerprint density at radius 2 is 2.14 bits per heavy atom. The molecule has 3 nitrogen and oxygen atoms in total. The van der Waals surface area contributed by atoms with Gasteiger partial charge in [0.25, 0.3) is 0 Å². The average molecular weight is 209 g/mol. The Kier molecular flexibility index (Phi) is 3.83. The minimum absolute atomic E-state index is 0.137. The van der Waals surface area contributed by atoms with Gasteiger partial charge >= 0.3 is 0 Å². The molecule has 0 bridgehead atoms. The van der Waals surface area contributed by atoms with E-state index in [0.29, 0.717) is 6.54 Å². The fourth-order valence-corrected chi connectivity index (χ4v) is 1.86. The first kappa shape index (κ1) is 10.9. The Balaban J connectivity index is 2.91. The van der Waals surface area contributed by atoms with Crippen molar-refractivity contribution in [1.82, 2.24) is 0 Å². The Labute approximate surface area is 88.6 Å². The van der Waals surface area contributed by atoms with Crippen LogP contribution in [-0.4, -0.2) is 12.2 Å². The zero-order chi connectivity index (χ0) is 10.6. The van der Waals surface area contributed by atoms with E-state index in [1.54, 1.807) is 11.8 Å². The summed E-state index contributed by atoms with van der Waals surface area (Å²) in [7, 11) is 0. The van der Waals surface area contributed by atoms with Crippen LogP contribution in [-0.2, 0) is 6.54 Å². The van der Waals surface area contributed by atoms with Gasteiger partial charge < -0.3 is 11.5 Å². The molecule has 0 fully saturated rings. The van der Waals surface area contributed by atoms with Crippen molar-refractivity contribution < 1.29 is 0 Å². The molecule has 0 heterocycles. The second-order valence-corrected chi connectivity index (χ2v) is 3.90. The maximum Gasteiger partial charge on any atom is 0.186 e. The van der Waals surface area contributed by atoms with Gasteiger partial charge in [-0.3, -0.25) is 0 Å². The lowest BCUT2D eigenvalue weighted by atomic mass is 10.1. The van der Waals surface area contributed by atoms with Gasteiger partial charge in [-0.1, -0.05) is 12.1 Å². The van der Waals surface area contributed by atoms with E-state index in [4.69, 9.17) is 11.5 Å². The maximum atomic E-state index is 5.28. The van der Waals surface area contributed by atoms with E-state index in [2.05, 4.69) is 30.1 Å². The van der Waals surface area contributed by atoms with Crippen molar-refractivity contribution in [3.8, 4) is 0 Å². The first-order valence-corrected chi connectivity index (χ1v) is 5.55. The van der Waals surface area contributed by atoms with Gasteiger partial charge in [-0.05, 0) is 30.4 Å². The summed E-state index contributed by atoms with van der Waals surface area (Å²) in [6.45, 7) is 2.63. The van der Waals surface area contributed by atoms with Crippen LogP contribution in [0.1, 0.15) is 11.1 Å². The molecule has 4 N–H and O–H groups in total. The predicted octanol–water partition coefficient (Wildman–Crippen LogP) is 1.49. The molecule has 14 heavy (non-hydrogen) atoms. The van der Waals surface area contributed by atoms with Crippen LogP contribution in [0.2, 0.25) is 0 Å². The summed E-state index contributed by atoms with van der Waals surface area (Å²) in [5.41, 5.74) is 13.0. The van der Waals surface area contributed by atoms with Crippen molar-refractivity contribution in [3.05, 3.63) is 29.3 Å². The number of benzene rings is 1. The van der Waals surface area contributed by atoms with Crippen LogP contribution in [0.4, 0.5) is 0 Å². The number of nitrogens with two attached hydrogens (primary N) is 2. The molecular formula is C10H15N3S. The van der Waals surface area contributed by atoms with E-state index in [1.807, 2.05) is 6.26 Å². The van der Waals surface area contributed by atoms with Gasteiger partial charge in [0.1, 0.15) is 0 Å². The van der Waals surface area contributed by atoms with E-state index >= 15 is 0 Å². The van der Waals surface area contributed by atoms with Crippen molar-refractivity contribution in [2.45, 2.75) is 18.4 Å². The number of hydrogen-bond acceptors (Lipinski definition) is 2. The molecule has 0 saturated heterocycles. The highest BCUT2D eigenvalue weighted by Crippen LogP contribution is 2.22. The van der Waals surface area contributed by atoms with Gasteiger partial charge in [-0.15, -0.1) is 11.8 Å². The van der Waals surface area contributed by atoms with Crippen molar-refractivity contribution >= 4 is 17.7 Å². The summed E-state index contributed by atoms with van der Waals surface area (Å²) in [4.78, 5) is 5.22. The largest absolute Gasteiger partial charge is 0.370 e. The van der Waals surface area contributed by atoms with Crippen molar-refractivity contribution in [2.75, 3.05) is 6.26 Å². The SMILES string of the molecule is CSc1cc(C)ccc1CN=C(N)N. The van der Waals surface area contributed by atoms with Crippen LogP contribution >= 0.6 is 11.8 Å². The smallest absolute Gasteiger partial charge is 0.186 e. The van der Waals surface area contributed by atoms with Gasteiger partial charge in [0.05, 0.1) is 6.54 Å². The second kappa shape index (κ2) is 4.91. The van der Waals surface area contributed by atoms with Crippen molar-refractivity contribution in [1.29, 1.82) is 0 Å². The lowest BCUT2D eigenvalue weighted by Gasteiger charge is -2.05. The molecule has 0 aliphatic heterocycles. The summed E-state index contributed by atoms with van der Waals surface area (Å²) >= 11 is 1.71. The quantitative estimate of drug-likeness (QED) is 0.450. The molecule has 76 valence electrons. The highest BCUT2D eigenvalue weighted by molar-refractivity contribution is 7.98. The number of nitrogens with zero attached hydrogens (tertiary/aromatic N) is 1. The van der Waals surface area contributed by atoms with Gasteiger partial charge in [0.15, 0.2) is 5.96 Å². The van der Waals surface area contributed by atoms with E-state index in [1.165, 1.54) is 10.5 Å². The predicted molar refractivity (Wildman–Crippen MR) is 62.5 cm³/mol. The van der Waals surface area contributed by atoms with E-state index in [9.17, 15) is 0 Å². The average Bonchev–Trinajstić information content (AvgIpc) is 2.15. The molecule has 1 rings (SSSR count). The summed E-state index contributed by atoms with van der Waals surface area (Å²) in [5, 5.41) is 0. The molecule has 0 amide bonds. The summed E-state index contributed by atoms with van der Waals surface area (Å²) in [6, 6.07) is 6.27. The molecule has 1 aromatic rings. The Morgan fingerprint density at radius 1 is 1.43 bits per heavy atom. The van der Waals surface area contributed by atoms with E-state index in [-0.39, 0.29) is 5.96 Å². The number of aliphatic imine (C=N–C) groups is 1. The molecule has 0 unspecified atom stereocenters. The summed E-state index contributed by atoms with van der Waals surface area (Å²) in [5.74, 6) is 0.137. The Hall–Kier alpha value is -1.16. The first-order valence-electron chi connectivity index (χ1n) is 4.32. The number of guanidine groups is 1. The minimum atomic E-state index is 0.137. The fourth-order valence-electron chi connectivity index (χ4n) is 1.16. The molecule has 0 saturated carbocycles. The number of aryl methyl sites for hydroxylation is 1. The van der Waals surface area contributed by atoms with Gasteiger partial charge in [-0.25, -0.2) is 4.99 Å². The minimum Gasteiger partial charge on any atom is -0.370 e. The third kappa shape index (κ3) is 2.96. The molecular weight excluding hydrogens is 194 g/mol. The molecule has 0 spiro atoms. The molecule has 0 aromatic heterocycles. The lowest BCUT2D eigenvalue weighted by molar-refractivity contribution is 1.01. The molecule has 1 aromatic carbocycles. The molecule has 0 atom stereocenters. The summed E-state index contributed by atoms with van der Waals surface area (Å²) in [6.07, 6.45) is 2.05. The zero-order valence-corrected chi connectivity index (χ0v) is 9.27. The topological polar surface area (TPSA) is 64.4 Å². The fraction of sp³-hybridized carbons (Fsp3) is 0.300. The van der Waals surface area contributed by atoms with Crippen molar-refractivity contribution in [2.24, 2.45) is 16.5 Å². The van der Waals surface area contributed by atoms with Gasteiger partial charge in [0.2, 0.25) is 0 Å². The van der Waals surface area contributed by atoms with E-state index in [0.717, 1.165) is 5.56 Å².